The third-order valence-electron chi connectivity index (χ3n) is 5.34. The smallest absolute Gasteiger partial charge is 0.122 e. The van der Waals surface area contributed by atoms with Gasteiger partial charge in [-0.2, -0.15) is 0 Å². The summed E-state index contributed by atoms with van der Waals surface area (Å²) in [5, 5.41) is 9.79. The van der Waals surface area contributed by atoms with Crippen LogP contribution >= 0.6 is 11.6 Å². The van der Waals surface area contributed by atoms with Gasteiger partial charge in [-0.15, -0.1) is 11.6 Å². The van der Waals surface area contributed by atoms with E-state index in [2.05, 4.69) is 37.3 Å². The van der Waals surface area contributed by atoms with Gasteiger partial charge in [0.1, 0.15) is 23.9 Å². The van der Waals surface area contributed by atoms with E-state index in [4.69, 9.17) is 21.1 Å². The van der Waals surface area contributed by atoms with Gasteiger partial charge in [0, 0.05) is 6.42 Å². The van der Waals surface area contributed by atoms with Crippen molar-refractivity contribution in [3.63, 3.8) is 0 Å². The summed E-state index contributed by atoms with van der Waals surface area (Å²) in [6, 6.07) is 22.0. The Bertz CT molecular complexity index is 1040. The van der Waals surface area contributed by atoms with Crippen LogP contribution < -0.4 is 9.47 Å². The van der Waals surface area contributed by atoms with Gasteiger partial charge in [-0.1, -0.05) is 37.3 Å². The quantitative estimate of drug-likeness (QED) is 0.359. The van der Waals surface area contributed by atoms with E-state index in [9.17, 15) is 5.11 Å². The number of halogens is 1. The minimum atomic E-state index is 0.260. The third-order valence-corrected chi connectivity index (χ3v) is 5.49. The molecule has 0 fully saturated rings. The summed E-state index contributed by atoms with van der Waals surface area (Å²) < 4.78 is 11.3. The molecule has 4 rings (SSSR count). The number of ether oxygens (including phenoxy) is 2. The minimum absolute atomic E-state index is 0.260. The molecule has 0 bridgehead atoms. The molecule has 0 aliphatic carbocycles. The van der Waals surface area contributed by atoms with Crippen LogP contribution in [0.1, 0.15) is 35.6 Å². The lowest BCUT2D eigenvalue weighted by Gasteiger charge is -2.17. The molecule has 1 heterocycles. The summed E-state index contributed by atoms with van der Waals surface area (Å²) in [6.07, 6.45) is 1.82. The highest BCUT2D eigenvalue weighted by Crippen LogP contribution is 2.37. The van der Waals surface area contributed by atoms with E-state index in [0.717, 1.165) is 47.6 Å². The molecule has 3 aromatic carbocycles. The molecule has 4 heteroatoms. The Morgan fingerprint density at radius 3 is 2.30 bits per heavy atom. The molecule has 1 N–H and O–H groups in total. The topological polar surface area (TPSA) is 38.7 Å². The number of hydrogen-bond donors (Lipinski definition) is 1. The van der Waals surface area contributed by atoms with E-state index in [1.54, 1.807) is 12.1 Å². The molecule has 1 aliphatic heterocycles. The fraction of sp³-hybridized carbons (Fsp3) is 0.231. The molecule has 0 saturated carbocycles. The number of alkyl halides is 1. The maximum Gasteiger partial charge on any atom is 0.122 e. The van der Waals surface area contributed by atoms with Gasteiger partial charge >= 0.3 is 0 Å². The van der Waals surface area contributed by atoms with Crippen LogP contribution in [0.5, 0.6) is 17.2 Å². The van der Waals surface area contributed by atoms with Crippen molar-refractivity contribution in [2.75, 3.05) is 19.1 Å². The maximum absolute atomic E-state index is 9.79. The first-order chi connectivity index (χ1) is 14.7. The average molecular weight is 421 g/mol. The van der Waals surface area contributed by atoms with E-state index in [0.29, 0.717) is 12.5 Å². The standard InChI is InChI=1S/C26H25ClO3/c1-2-24(20-7-12-25-21(17-20)13-15-30-25)26(18-3-8-22(28)9-4-18)19-5-10-23(11-6-19)29-16-14-27/h3-12,17,28H,2,13-16H2,1H3/b26-24+. The first-order valence-electron chi connectivity index (χ1n) is 10.3. The van der Waals surface area contributed by atoms with Crippen molar-refractivity contribution in [2.45, 2.75) is 19.8 Å². The predicted molar refractivity (Wildman–Crippen MR) is 123 cm³/mol. The summed E-state index contributed by atoms with van der Waals surface area (Å²) in [5.41, 5.74) is 7.04. The molecule has 0 amide bonds. The summed E-state index contributed by atoms with van der Waals surface area (Å²) in [5.74, 6) is 2.51. The van der Waals surface area contributed by atoms with Crippen molar-refractivity contribution in [3.8, 4) is 17.2 Å². The van der Waals surface area contributed by atoms with Crippen molar-refractivity contribution in [1.82, 2.24) is 0 Å². The van der Waals surface area contributed by atoms with E-state index in [1.807, 2.05) is 24.3 Å². The normalized spacial score (nSPS) is 13.4. The Morgan fingerprint density at radius 2 is 1.63 bits per heavy atom. The molecular formula is C26H25ClO3. The molecule has 0 radical (unpaired) electrons. The number of rotatable bonds is 7. The highest BCUT2D eigenvalue weighted by atomic mass is 35.5. The minimum Gasteiger partial charge on any atom is -0.508 e. The average Bonchev–Trinajstić information content (AvgIpc) is 3.25. The number of phenols is 1. The number of phenolic OH excluding ortho intramolecular Hbond substituents is 1. The SMILES string of the molecule is CC/C(=C(/c1ccc(O)cc1)c1ccc(OCCCl)cc1)c1ccc2c(c1)CCO2. The van der Waals surface area contributed by atoms with E-state index in [-0.39, 0.29) is 5.75 Å². The van der Waals surface area contributed by atoms with Crippen LogP contribution in [0.2, 0.25) is 0 Å². The number of benzene rings is 3. The lowest BCUT2D eigenvalue weighted by molar-refractivity contribution is 0.343. The first kappa shape index (κ1) is 20.4. The van der Waals surface area contributed by atoms with Gasteiger partial charge in [-0.05, 0) is 76.2 Å². The molecule has 0 aromatic heterocycles. The summed E-state index contributed by atoms with van der Waals surface area (Å²) in [4.78, 5) is 0. The van der Waals surface area contributed by atoms with Crippen LogP contribution in [0.4, 0.5) is 0 Å². The van der Waals surface area contributed by atoms with Crippen LogP contribution in [0.3, 0.4) is 0 Å². The maximum atomic E-state index is 9.79. The van der Waals surface area contributed by atoms with E-state index < -0.39 is 0 Å². The Kier molecular flexibility index (Phi) is 6.29. The zero-order chi connectivity index (χ0) is 20.9. The Morgan fingerprint density at radius 1 is 0.967 bits per heavy atom. The van der Waals surface area contributed by atoms with Gasteiger partial charge in [0.25, 0.3) is 0 Å². The largest absolute Gasteiger partial charge is 0.508 e. The molecular weight excluding hydrogens is 396 g/mol. The van der Waals surface area contributed by atoms with E-state index in [1.165, 1.54) is 16.7 Å². The second kappa shape index (κ2) is 9.27. The number of hydrogen-bond acceptors (Lipinski definition) is 3. The molecule has 3 nitrogen and oxygen atoms in total. The second-order valence-corrected chi connectivity index (χ2v) is 7.61. The Hall–Kier alpha value is -2.91. The first-order valence-corrected chi connectivity index (χ1v) is 10.8. The van der Waals surface area contributed by atoms with Crippen LogP contribution in [0, 0.1) is 0 Å². The molecule has 3 aromatic rings. The van der Waals surface area contributed by atoms with Crippen molar-refractivity contribution in [3.05, 3.63) is 89.0 Å². The van der Waals surface area contributed by atoms with E-state index >= 15 is 0 Å². The molecule has 0 unspecified atom stereocenters. The van der Waals surface area contributed by atoms with Gasteiger partial charge in [0.15, 0.2) is 0 Å². The van der Waals surface area contributed by atoms with Gasteiger partial charge in [0.2, 0.25) is 0 Å². The monoisotopic (exact) mass is 420 g/mol. The molecule has 1 aliphatic rings. The van der Waals surface area contributed by atoms with Gasteiger partial charge < -0.3 is 14.6 Å². The van der Waals surface area contributed by atoms with Crippen LogP contribution in [0.25, 0.3) is 11.1 Å². The van der Waals surface area contributed by atoms with Crippen LogP contribution in [-0.2, 0) is 6.42 Å². The molecule has 0 saturated heterocycles. The van der Waals surface area contributed by atoms with Crippen molar-refractivity contribution in [1.29, 1.82) is 0 Å². The molecule has 154 valence electrons. The lowest BCUT2D eigenvalue weighted by atomic mass is 9.87. The number of allylic oxidation sites excluding steroid dienone is 1. The summed E-state index contributed by atoms with van der Waals surface area (Å²) >= 11 is 5.73. The fourth-order valence-corrected chi connectivity index (χ4v) is 3.99. The highest BCUT2D eigenvalue weighted by Gasteiger charge is 2.17. The van der Waals surface area contributed by atoms with Gasteiger partial charge in [-0.25, -0.2) is 0 Å². The predicted octanol–water partition coefficient (Wildman–Crippen LogP) is 6.31. The zero-order valence-corrected chi connectivity index (χ0v) is 17.8. The Labute approximate surface area is 182 Å². The fourth-order valence-electron chi connectivity index (χ4n) is 3.92. The Balaban J connectivity index is 1.84. The lowest BCUT2D eigenvalue weighted by Crippen LogP contribution is -1.99. The van der Waals surface area contributed by atoms with Gasteiger partial charge in [0.05, 0.1) is 12.5 Å². The van der Waals surface area contributed by atoms with Crippen molar-refractivity contribution in [2.24, 2.45) is 0 Å². The van der Waals surface area contributed by atoms with Crippen LogP contribution in [-0.4, -0.2) is 24.2 Å². The number of fused-ring (bicyclic) bond motifs is 1. The van der Waals surface area contributed by atoms with Gasteiger partial charge in [-0.3, -0.25) is 0 Å². The second-order valence-electron chi connectivity index (χ2n) is 7.24. The summed E-state index contributed by atoms with van der Waals surface area (Å²) in [6.45, 7) is 3.41. The van der Waals surface area contributed by atoms with Crippen LogP contribution in [0.15, 0.2) is 66.7 Å². The zero-order valence-electron chi connectivity index (χ0n) is 17.0. The molecule has 0 atom stereocenters. The summed E-state index contributed by atoms with van der Waals surface area (Å²) in [7, 11) is 0. The molecule has 0 spiro atoms. The van der Waals surface area contributed by atoms with Crippen molar-refractivity contribution < 1.29 is 14.6 Å². The number of aromatic hydroxyl groups is 1. The third kappa shape index (κ3) is 4.31. The van der Waals surface area contributed by atoms with Crippen molar-refractivity contribution >= 4 is 22.7 Å². The molecule has 30 heavy (non-hydrogen) atoms. The highest BCUT2D eigenvalue weighted by molar-refractivity contribution is 6.18.